The molecular weight excluding hydrogens is 304 g/mol. The maximum Gasteiger partial charge on any atom is 0.233 e. The fourth-order valence-corrected chi connectivity index (χ4v) is 3.58. The van der Waals surface area contributed by atoms with E-state index in [-0.39, 0.29) is 5.91 Å². The molecule has 0 spiro atoms. The van der Waals surface area contributed by atoms with Crippen molar-refractivity contribution in [1.29, 1.82) is 0 Å². The molecule has 1 aliphatic rings. The van der Waals surface area contributed by atoms with Gasteiger partial charge in [0.15, 0.2) is 0 Å². The number of rotatable bonds is 3. The van der Waals surface area contributed by atoms with Crippen LogP contribution in [0.1, 0.15) is 11.1 Å². The van der Waals surface area contributed by atoms with Gasteiger partial charge in [0.2, 0.25) is 5.91 Å². The van der Waals surface area contributed by atoms with Gasteiger partial charge in [0.05, 0.1) is 5.75 Å². The zero-order chi connectivity index (χ0) is 16.2. The van der Waals surface area contributed by atoms with Crippen LogP contribution in [0, 0.1) is 6.92 Å². The first-order valence-electron chi connectivity index (χ1n) is 7.90. The monoisotopic (exact) mass is 326 g/mol. The number of hydrogen-bond donors (Lipinski definition) is 0. The summed E-state index contributed by atoms with van der Waals surface area (Å²) in [5.41, 5.74) is 3.70. The number of thioether (sulfide) groups is 1. The predicted molar refractivity (Wildman–Crippen MR) is 97.0 cm³/mol. The summed E-state index contributed by atoms with van der Waals surface area (Å²) in [7, 11) is 2.09. The van der Waals surface area contributed by atoms with Gasteiger partial charge in [0.1, 0.15) is 0 Å². The molecule has 120 valence electrons. The van der Waals surface area contributed by atoms with Crippen LogP contribution in [-0.4, -0.2) is 36.7 Å². The molecule has 0 fully saturated rings. The summed E-state index contributed by atoms with van der Waals surface area (Å²) in [5, 5.41) is 0. The molecule has 0 saturated carbocycles. The molecule has 0 bridgehead atoms. The molecule has 1 aliphatic heterocycles. The van der Waals surface area contributed by atoms with Crippen molar-refractivity contribution in [2.45, 2.75) is 18.4 Å². The molecule has 0 aliphatic carbocycles. The predicted octanol–water partition coefficient (Wildman–Crippen LogP) is 3.57. The van der Waals surface area contributed by atoms with Crippen molar-refractivity contribution >= 4 is 23.4 Å². The molecule has 0 unspecified atom stereocenters. The molecule has 3 rings (SSSR count). The molecule has 0 aromatic heterocycles. The fraction of sp³-hybridized carbons (Fsp3) is 0.316. The minimum atomic E-state index is 0.209. The lowest BCUT2D eigenvalue weighted by atomic mass is 10.1. The van der Waals surface area contributed by atoms with E-state index in [1.165, 1.54) is 16.8 Å². The van der Waals surface area contributed by atoms with Crippen LogP contribution in [0.4, 0.5) is 5.69 Å². The molecule has 0 N–H and O–H groups in total. The van der Waals surface area contributed by atoms with Crippen LogP contribution < -0.4 is 4.90 Å². The summed E-state index contributed by atoms with van der Waals surface area (Å²) in [5.74, 6) is 0.704. The number of likely N-dealkylation sites (N-methyl/N-ethyl adjacent to an activating group) is 1. The van der Waals surface area contributed by atoms with E-state index in [0.717, 1.165) is 18.0 Å². The molecule has 23 heavy (non-hydrogen) atoms. The fourth-order valence-electron chi connectivity index (χ4n) is 2.78. The summed E-state index contributed by atoms with van der Waals surface area (Å²) in [6.45, 7) is 4.43. The number of carbonyl (C=O) groups excluding carboxylic acids is 1. The van der Waals surface area contributed by atoms with Crippen molar-refractivity contribution in [3.05, 3.63) is 59.7 Å². The lowest BCUT2D eigenvalue weighted by Gasteiger charge is -2.21. The van der Waals surface area contributed by atoms with E-state index in [1.807, 2.05) is 11.0 Å². The lowest BCUT2D eigenvalue weighted by Crippen LogP contribution is -2.35. The highest BCUT2D eigenvalue weighted by atomic mass is 32.2. The van der Waals surface area contributed by atoms with Crippen molar-refractivity contribution in [1.82, 2.24) is 4.90 Å². The molecular formula is C19H22N2OS. The Kier molecular flexibility index (Phi) is 4.91. The molecule has 0 radical (unpaired) electrons. The van der Waals surface area contributed by atoms with E-state index in [1.54, 1.807) is 11.8 Å². The summed E-state index contributed by atoms with van der Waals surface area (Å²) < 4.78 is 0. The molecule has 2 aromatic rings. The van der Waals surface area contributed by atoms with Crippen molar-refractivity contribution in [2.24, 2.45) is 0 Å². The largest absolute Gasteiger partial charge is 0.373 e. The number of amides is 1. The molecule has 2 aromatic carbocycles. The van der Waals surface area contributed by atoms with Gasteiger partial charge in [-0.2, -0.15) is 0 Å². The molecule has 0 saturated heterocycles. The van der Waals surface area contributed by atoms with Crippen LogP contribution in [-0.2, 0) is 11.3 Å². The maximum atomic E-state index is 12.6. The Morgan fingerprint density at radius 1 is 1.09 bits per heavy atom. The zero-order valence-electron chi connectivity index (χ0n) is 13.7. The zero-order valence-corrected chi connectivity index (χ0v) is 14.5. The Morgan fingerprint density at radius 2 is 1.83 bits per heavy atom. The van der Waals surface area contributed by atoms with Crippen molar-refractivity contribution in [3.63, 3.8) is 0 Å². The van der Waals surface area contributed by atoms with Gasteiger partial charge in [0, 0.05) is 37.3 Å². The SMILES string of the molecule is Cc1ccc(SCC(=O)N2CCN(C)c3ccccc3C2)cc1. The number of carbonyl (C=O) groups is 1. The average molecular weight is 326 g/mol. The molecule has 4 heteroatoms. The topological polar surface area (TPSA) is 23.6 Å². The first-order chi connectivity index (χ1) is 11.1. The summed E-state index contributed by atoms with van der Waals surface area (Å²) in [4.78, 5) is 18.0. The maximum absolute atomic E-state index is 12.6. The van der Waals surface area contributed by atoms with Gasteiger partial charge in [-0.3, -0.25) is 4.79 Å². The number of para-hydroxylation sites is 1. The number of nitrogens with zero attached hydrogens (tertiary/aromatic N) is 2. The van der Waals surface area contributed by atoms with E-state index in [0.29, 0.717) is 12.3 Å². The van der Waals surface area contributed by atoms with Crippen LogP contribution in [0.3, 0.4) is 0 Å². The lowest BCUT2D eigenvalue weighted by molar-refractivity contribution is -0.128. The van der Waals surface area contributed by atoms with Gasteiger partial charge in [-0.05, 0) is 30.7 Å². The number of benzene rings is 2. The number of anilines is 1. The second kappa shape index (κ2) is 7.09. The second-order valence-corrected chi connectivity index (χ2v) is 7.02. The smallest absolute Gasteiger partial charge is 0.233 e. The highest BCUT2D eigenvalue weighted by molar-refractivity contribution is 8.00. The van der Waals surface area contributed by atoms with E-state index < -0.39 is 0 Å². The first-order valence-corrected chi connectivity index (χ1v) is 8.88. The van der Waals surface area contributed by atoms with Gasteiger partial charge < -0.3 is 9.80 Å². The molecule has 3 nitrogen and oxygen atoms in total. The summed E-state index contributed by atoms with van der Waals surface area (Å²) >= 11 is 1.61. The van der Waals surface area contributed by atoms with Crippen molar-refractivity contribution in [2.75, 3.05) is 30.8 Å². The van der Waals surface area contributed by atoms with E-state index >= 15 is 0 Å². The highest BCUT2D eigenvalue weighted by Gasteiger charge is 2.20. The Morgan fingerprint density at radius 3 is 2.61 bits per heavy atom. The number of aryl methyl sites for hydroxylation is 1. The Labute approximate surface area is 142 Å². The van der Waals surface area contributed by atoms with Crippen LogP contribution in [0.5, 0.6) is 0 Å². The van der Waals surface area contributed by atoms with Crippen molar-refractivity contribution in [3.8, 4) is 0 Å². The first kappa shape index (κ1) is 15.9. The van der Waals surface area contributed by atoms with Gasteiger partial charge in [-0.1, -0.05) is 35.9 Å². The Bertz CT molecular complexity index is 684. The van der Waals surface area contributed by atoms with Crippen LogP contribution in [0.2, 0.25) is 0 Å². The van der Waals surface area contributed by atoms with Gasteiger partial charge in [-0.15, -0.1) is 11.8 Å². The van der Waals surface area contributed by atoms with Gasteiger partial charge in [-0.25, -0.2) is 0 Å². The summed E-state index contributed by atoms with van der Waals surface area (Å²) in [6, 6.07) is 16.7. The number of fused-ring (bicyclic) bond motifs is 1. The van der Waals surface area contributed by atoms with Crippen LogP contribution in [0.15, 0.2) is 53.4 Å². The molecule has 0 atom stereocenters. The minimum absolute atomic E-state index is 0.209. The highest BCUT2D eigenvalue weighted by Crippen LogP contribution is 2.25. The Balaban J connectivity index is 1.65. The van der Waals surface area contributed by atoms with E-state index in [4.69, 9.17) is 0 Å². The third-order valence-electron chi connectivity index (χ3n) is 4.21. The normalized spacial score (nSPS) is 14.3. The number of hydrogen-bond acceptors (Lipinski definition) is 3. The van der Waals surface area contributed by atoms with Crippen molar-refractivity contribution < 1.29 is 4.79 Å². The van der Waals surface area contributed by atoms with Crippen LogP contribution >= 0.6 is 11.8 Å². The molecule has 1 heterocycles. The van der Waals surface area contributed by atoms with Gasteiger partial charge >= 0.3 is 0 Å². The van der Waals surface area contributed by atoms with E-state index in [9.17, 15) is 4.79 Å². The standard InChI is InChI=1S/C19H22N2OS/c1-15-7-9-17(10-8-15)23-14-19(22)21-12-11-20(2)18-6-4-3-5-16(18)13-21/h3-10H,11-14H2,1-2H3. The average Bonchev–Trinajstić information content (AvgIpc) is 2.74. The molecule has 1 amide bonds. The van der Waals surface area contributed by atoms with Gasteiger partial charge in [0.25, 0.3) is 0 Å². The quantitative estimate of drug-likeness (QED) is 0.806. The summed E-state index contributed by atoms with van der Waals surface area (Å²) in [6.07, 6.45) is 0. The minimum Gasteiger partial charge on any atom is -0.373 e. The van der Waals surface area contributed by atoms with E-state index in [2.05, 4.69) is 61.3 Å². The van der Waals surface area contributed by atoms with Crippen LogP contribution in [0.25, 0.3) is 0 Å². The third kappa shape index (κ3) is 3.88. The Hall–Kier alpha value is -1.94. The third-order valence-corrected chi connectivity index (χ3v) is 5.20. The second-order valence-electron chi connectivity index (χ2n) is 5.97.